The van der Waals surface area contributed by atoms with E-state index in [1.54, 1.807) is 0 Å². The molecule has 76 heavy (non-hydrogen) atoms. The van der Waals surface area contributed by atoms with Gasteiger partial charge in [0, 0.05) is 19.3 Å². The van der Waals surface area contributed by atoms with Gasteiger partial charge in [0.25, 0.3) is 0 Å². The fourth-order valence-corrected chi connectivity index (χ4v) is 9.01. The van der Waals surface area contributed by atoms with E-state index < -0.39 is 6.10 Å². The number of carbonyl (C=O) groups is 3. The number of rotatable bonds is 58. The van der Waals surface area contributed by atoms with Crippen LogP contribution in [0.25, 0.3) is 0 Å². The van der Waals surface area contributed by atoms with Gasteiger partial charge in [0.15, 0.2) is 6.10 Å². The highest BCUT2D eigenvalue weighted by atomic mass is 16.6. The second-order valence-electron chi connectivity index (χ2n) is 21.3. The number of esters is 3. The van der Waals surface area contributed by atoms with Gasteiger partial charge in [-0.1, -0.05) is 285 Å². The highest BCUT2D eigenvalue weighted by molar-refractivity contribution is 5.71. The van der Waals surface area contributed by atoms with Crippen LogP contribution in [0.15, 0.2) is 97.2 Å². The molecule has 0 aromatic heterocycles. The predicted octanol–water partition coefficient (Wildman–Crippen LogP) is 22.0. The lowest BCUT2D eigenvalue weighted by Crippen LogP contribution is -2.30. The summed E-state index contributed by atoms with van der Waals surface area (Å²) in [5.41, 5.74) is 0. The Morgan fingerprint density at radius 2 is 0.513 bits per heavy atom. The van der Waals surface area contributed by atoms with Gasteiger partial charge in [-0.05, 0) is 103 Å². The summed E-state index contributed by atoms with van der Waals surface area (Å²) in [7, 11) is 0. The predicted molar refractivity (Wildman–Crippen MR) is 330 cm³/mol. The monoisotopic (exact) mass is 1060 g/mol. The molecule has 0 fully saturated rings. The Bertz CT molecular complexity index is 1490. The van der Waals surface area contributed by atoms with Crippen LogP contribution in [0.5, 0.6) is 0 Å². The average Bonchev–Trinajstić information content (AvgIpc) is 3.42. The van der Waals surface area contributed by atoms with Crippen molar-refractivity contribution in [2.45, 2.75) is 316 Å². The Morgan fingerprint density at radius 3 is 0.829 bits per heavy atom. The molecular weight excluding hydrogens is 937 g/mol. The Labute approximate surface area is 470 Å². The lowest BCUT2D eigenvalue weighted by atomic mass is 10.0. The minimum atomic E-state index is -0.782. The summed E-state index contributed by atoms with van der Waals surface area (Å²) in [4.78, 5) is 38.1. The second-order valence-corrected chi connectivity index (χ2v) is 21.3. The van der Waals surface area contributed by atoms with E-state index in [9.17, 15) is 14.4 Å². The van der Waals surface area contributed by atoms with Crippen LogP contribution in [0.2, 0.25) is 0 Å². The summed E-state index contributed by atoms with van der Waals surface area (Å²) in [6, 6.07) is 0. The van der Waals surface area contributed by atoms with E-state index in [0.717, 1.165) is 116 Å². The van der Waals surface area contributed by atoms with E-state index in [0.29, 0.717) is 19.3 Å². The lowest BCUT2D eigenvalue weighted by molar-refractivity contribution is -0.167. The Hall–Kier alpha value is -3.67. The molecule has 0 aromatic rings. The van der Waals surface area contributed by atoms with Crippen molar-refractivity contribution in [3.63, 3.8) is 0 Å². The molecule has 436 valence electrons. The molecule has 0 rings (SSSR count). The van der Waals surface area contributed by atoms with Gasteiger partial charge in [-0.25, -0.2) is 0 Å². The zero-order valence-corrected chi connectivity index (χ0v) is 50.0. The first-order valence-electron chi connectivity index (χ1n) is 32.2. The van der Waals surface area contributed by atoms with E-state index in [1.165, 1.54) is 154 Å². The quantitative estimate of drug-likeness (QED) is 0.0261. The number of hydrogen-bond acceptors (Lipinski definition) is 6. The lowest BCUT2D eigenvalue weighted by Gasteiger charge is -2.18. The van der Waals surface area contributed by atoms with E-state index in [-0.39, 0.29) is 31.1 Å². The van der Waals surface area contributed by atoms with Gasteiger partial charge in [-0.3, -0.25) is 14.4 Å². The summed E-state index contributed by atoms with van der Waals surface area (Å²) in [6.45, 7) is 6.48. The SMILES string of the molecule is CC/C=C\C/C=C\C/C=C\C/C=C\C/C=C\CCCCCCCCCCCCCCCCCC(=O)OCC(COC(=O)CCCCCCCCCC)OC(=O)CCCCCCCC/C=C\C/C=C\C/C=C\CCCCC. The fourth-order valence-electron chi connectivity index (χ4n) is 9.01. The highest BCUT2D eigenvalue weighted by Gasteiger charge is 2.19. The molecule has 6 heteroatoms. The molecule has 0 spiro atoms. The molecule has 0 N–H and O–H groups in total. The molecule has 0 saturated carbocycles. The number of carbonyl (C=O) groups excluding carboxylic acids is 3. The Morgan fingerprint density at radius 1 is 0.276 bits per heavy atom. The molecule has 0 aliphatic heterocycles. The summed E-state index contributed by atoms with van der Waals surface area (Å²) < 4.78 is 16.9. The first-order valence-corrected chi connectivity index (χ1v) is 32.2. The number of allylic oxidation sites excluding steroid dienone is 16. The normalized spacial score (nSPS) is 12.7. The molecule has 0 bridgehead atoms. The molecule has 0 heterocycles. The maximum atomic E-state index is 12.9. The first kappa shape index (κ1) is 72.3. The van der Waals surface area contributed by atoms with Gasteiger partial charge in [-0.2, -0.15) is 0 Å². The molecule has 0 aliphatic rings. The molecule has 0 saturated heterocycles. The van der Waals surface area contributed by atoms with Crippen molar-refractivity contribution in [1.82, 2.24) is 0 Å². The second kappa shape index (κ2) is 63.9. The third-order valence-corrected chi connectivity index (χ3v) is 13.8. The largest absolute Gasteiger partial charge is 0.462 e. The van der Waals surface area contributed by atoms with Gasteiger partial charge in [0.1, 0.15) is 13.2 Å². The minimum Gasteiger partial charge on any atom is -0.462 e. The molecule has 6 nitrogen and oxygen atoms in total. The summed E-state index contributed by atoms with van der Waals surface area (Å²) >= 11 is 0. The van der Waals surface area contributed by atoms with Crippen molar-refractivity contribution in [3.8, 4) is 0 Å². The van der Waals surface area contributed by atoms with Crippen molar-refractivity contribution in [3.05, 3.63) is 97.2 Å². The maximum Gasteiger partial charge on any atom is 0.306 e. The Balaban J connectivity index is 4.13. The Kier molecular flexibility index (Phi) is 60.8. The van der Waals surface area contributed by atoms with Gasteiger partial charge >= 0.3 is 17.9 Å². The average molecular weight is 1060 g/mol. The first-order chi connectivity index (χ1) is 37.5. The third kappa shape index (κ3) is 61.2. The van der Waals surface area contributed by atoms with Gasteiger partial charge in [0.2, 0.25) is 0 Å². The van der Waals surface area contributed by atoms with Gasteiger partial charge in [-0.15, -0.1) is 0 Å². The van der Waals surface area contributed by atoms with Crippen LogP contribution in [0, 0.1) is 0 Å². The molecule has 0 amide bonds. The zero-order chi connectivity index (χ0) is 55.0. The number of ether oxygens (including phenoxy) is 3. The van der Waals surface area contributed by atoms with Crippen molar-refractivity contribution in [2.24, 2.45) is 0 Å². The standard InChI is InChI=1S/C70H120O6/c1-4-7-10-13-16-19-21-23-25-27-29-30-31-32-33-34-35-36-37-38-39-40-42-43-45-47-49-51-54-57-60-63-69(72)75-66-67(65-74-68(71)62-59-56-53-18-15-12-9-6-3)76-70(73)64-61-58-55-52-50-48-46-44-41-28-26-24-22-20-17-14-11-8-5-2/h7,10,16-17,19-20,23-26,29-30,32-33,41,44,67H,4-6,8-9,11-15,18,21-22,27-28,31,34-40,42-43,45-66H2,1-3H3/b10-7-,19-16-,20-17-,25-23-,26-24-,30-29-,33-32-,44-41-. The van der Waals surface area contributed by atoms with Crippen molar-refractivity contribution in [1.29, 1.82) is 0 Å². The fraction of sp³-hybridized carbons (Fsp3) is 0.729. The van der Waals surface area contributed by atoms with Gasteiger partial charge < -0.3 is 14.2 Å². The van der Waals surface area contributed by atoms with E-state index in [4.69, 9.17) is 14.2 Å². The summed E-state index contributed by atoms with van der Waals surface area (Å²) in [5, 5.41) is 0. The smallest absolute Gasteiger partial charge is 0.306 e. The van der Waals surface area contributed by atoms with Crippen LogP contribution in [-0.4, -0.2) is 37.2 Å². The van der Waals surface area contributed by atoms with E-state index >= 15 is 0 Å². The molecule has 1 atom stereocenters. The zero-order valence-electron chi connectivity index (χ0n) is 50.0. The summed E-state index contributed by atoms with van der Waals surface area (Å²) in [6.07, 6.45) is 85.8. The van der Waals surface area contributed by atoms with E-state index in [1.807, 2.05) is 0 Å². The molecule has 0 aromatic carbocycles. The number of unbranched alkanes of at least 4 members (excludes halogenated alkanes) is 31. The van der Waals surface area contributed by atoms with Crippen LogP contribution in [0.3, 0.4) is 0 Å². The molecular formula is C70H120O6. The van der Waals surface area contributed by atoms with Crippen molar-refractivity contribution < 1.29 is 28.6 Å². The van der Waals surface area contributed by atoms with Crippen LogP contribution in [0.1, 0.15) is 310 Å². The summed E-state index contributed by atoms with van der Waals surface area (Å²) in [5.74, 6) is -0.887. The maximum absolute atomic E-state index is 12.9. The van der Waals surface area contributed by atoms with Crippen LogP contribution in [0.4, 0.5) is 0 Å². The highest BCUT2D eigenvalue weighted by Crippen LogP contribution is 2.16. The van der Waals surface area contributed by atoms with Crippen LogP contribution >= 0.6 is 0 Å². The van der Waals surface area contributed by atoms with Crippen molar-refractivity contribution in [2.75, 3.05) is 13.2 Å². The van der Waals surface area contributed by atoms with Gasteiger partial charge in [0.05, 0.1) is 0 Å². The minimum absolute atomic E-state index is 0.0797. The topological polar surface area (TPSA) is 78.9 Å². The molecule has 1 unspecified atom stereocenters. The molecule has 0 aliphatic carbocycles. The third-order valence-electron chi connectivity index (χ3n) is 13.8. The number of hydrogen-bond donors (Lipinski definition) is 0. The van der Waals surface area contributed by atoms with E-state index in [2.05, 4.69) is 118 Å². The van der Waals surface area contributed by atoms with Crippen LogP contribution in [-0.2, 0) is 28.6 Å². The molecule has 0 radical (unpaired) electrons. The van der Waals surface area contributed by atoms with Crippen LogP contribution < -0.4 is 0 Å². The van der Waals surface area contributed by atoms with Crippen molar-refractivity contribution >= 4 is 17.9 Å².